The molecule has 0 radical (unpaired) electrons. The van der Waals surface area contributed by atoms with Crippen LogP contribution in [-0.2, 0) is 0 Å². The van der Waals surface area contributed by atoms with Crippen molar-refractivity contribution in [3.05, 3.63) is 95.5 Å². The van der Waals surface area contributed by atoms with Gasteiger partial charge in [0.25, 0.3) is 5.91 Å². The molecule has 4 aromatic rings. The Kier molecular flexibility index (Phi) is 7.37. The van der Waals surface area contributed by atoms with Gasteiger partial charge in [-0.15, -0.1) is 0 Å². The summed E-state index contributed by atoms with van der Waals surface area (Å²) in [5, 5.41) is 13.1. The molecule has 194 valence electrons. The summed E-state index contributed by atoms with van der Waals surface area (Å²) in [6, 6.07) is 20.0. The number of hydrogen-bond acceptors (Lipinski definition) is 8. The van der Waals surface area contributed by atoms with E-state index in [1.54, 1.807) is 55.8 Å². The van der Waals surface area contributed by atoms with Gasteiger partial charge in [0.2, 0.25) is 12.7 Å². The zero-order chi connectivity index (χ0) is 27.2. The highest BCUT2D eigenvalue weighted by atomic mass is 16.7. The molecule has 2 aromatic heterocycles. The summed E-state index contributed by atoms with van der Waals surface area (Å²) < 4.78 is 22.2. The average Bonchev–Trinajstić information content (AvgIpc) is 3.44. The first kappa shape index (κ1) is 25.3. The third-order valence-electron chi connectivity index (χ3n) is 6.00. The molecule has 9 heteroatoms. The van der Waals surface area contributed by atoms with Gasteiger partial charge in [-0.2, -0.15) is 5.26 Å². The molecule has 1 amide bonds. The number of pyridine rings is 2. The van der Waals surface area contributed by atoms with E-state index in [0.717, 1.165) is 11.1 Å². The van der Waals surface area contributed by atoms with Crippen LogP contribution in [0.1, 0.15) is 27.3 Å². The van der Waals surface area contributed by atoms with Crippen LogP contribution in [-0.4, -0.2) is 36.3 Å². The van der Waals surface area contributed by atoms with Crippen molar-refractivity contribution in [1.82, 2.24) is 15.3 Å². The first-order chi connectivity index (χ1) is 19.1. The number of fused-ring (bicyclic) bond motifs is 1. The highest BCUT2D eigenvalue weighted by Gasteiger charge is 2.21. The number of carbonyl (C=O) groups is 1. The number of amides is 1. The largest absolute Gasteiger partial charge is 0.497 e. The van der Waals surface area contributed by atoms with Crippen molar-refractivity contribution in [3.8, 4) is 46.1 Å². The summed E-state index contributed by atoms with van der Waals surface area (Å²) in [6.07, 6.45) is 5.21. The number of hydrogen-bond donors (Lipinski definition) is 1. The van der Waals surface area contributed by atoms with Gasteiger partial charge in [-0.3, -0.25) is 9.78 Å². The lowest BCUT2D eigenvalue weighted by atomic mass is 9.94. The summed E-state index contributed by atoms with van der Waals surface area (Å²) in [4.78, 5) is 21.0. The normalized spacial score (nSPS) is 11.7. The molecule has 1 aliphatic heterocycles. The van der Waals surface area contributed by atoms with Crippen LogP contribution in [0.2, 0.25) is 0 Å². The quantitative estimate of drug-likeness (QED) is 0.333. The number of carbonyl (C=O) groups excluding carboxylic acids is 1. The molecule has 39 heavy (non-hydrogen) atoms. The van der Waals surface area contributed by atoms with Gasteiger partial charge in [0.1, 0.15) is 28.8 Å². The fraction of sp³-hybridized carbons (Fsp3) is 0.133. The Balaban J connectivity index is 1.50. The van der Waals surface area contributed by atoms with Crippen LogP contribution in [0, 0.1) is 18.3 Å². The molecule has 0 atom stereocenters. The Morgan fingerprint density at radius 1 is 1.10 bits per heavy atom. The Hall–Kier alpha value is -5.36. The minimum atomic E-state index is -0.282. The van der Waals surface area contributed by atoms with Crippen LogP contribution in [0.5, 0.6) is 28.9 Å². The lowest BCUT2D eigenvalue weighted by molar-refractivity contribution is 0.0953. The van der Waals surface area contributed by atoms with Crippen molar-refractivity contribution in [2.45, 2.75) is 6.92 Å². The highest BCUT2D eigenvalue weighted by molar-refractivity contribution is 5.92. The van der Waals surface area contributed by atoms with Crippen LogP contribution < -0.4 is 24.3 Å². The number of rotatable bonds is 8. The minimum absolute atomic E-state index is 0.143. The van der Waals surface area contributed by atoms with Gasteiger partial charge in [0, 0.05) is 35.6 Å². The van der Waals surface area contributed by atoms with Crippen LogP contribution in [0.4, 0.5) is 0 Å². The first-order valence-corrected chi connectivity index (χ1v) is 12.1. The molecule has 0 saturated carbocycles. The number of benzene rings is 2. The summed E-state index contributed by atoms with van der Waals surface area (Å²) in [6.45, 7) is 2.24. The van der Waals surface area contributed by atoms with E-state index in [9.17, 15) is 10.1 Å². The van der Waals surface area contributed by atoms with Crippen LogP contribution >= 0.6 is 0 Å². The number of nitrogens with zero attached hydrogens (tertiary/aromatic N) is 3. The van der Waals surface area contributed by atoms with Gasteiger partial charge in [0.15, 0.2) is 11.5 Å². The summed E-state index contributed by atoms with van der Waals surface area (Å²) >= 11 is 0. The molecule has 0 fully saturated rings. The Morgan fingerprint density at radius 2 is 1.90 bits per heavy atom. The van der Waals surface area contributed by atoms with Crippen molar-refractivity contribution in [2.75, 3.05) is 20.4 Å². The van der Waals surface area contributed by atoms with Gasteiger partial charge < -0.3 is 24.3 Å². The molecule has 1 N–H and O–H groups in total. The molecule has 0 aliphatic carbocycles. The lowest BCUT2D eigenvalue weighted by Crippen LogP contribution is -2.24. The van der Waals surface area contributed by atoms with Crippen molar-refractivity contribution in [3.63, 3.8) is 0 Å². The second kappa shape index (κ2) is 11.4. The predicted molar refractivity (Wildman–Crippen MR) is 144 cm³/mol. The number of nitrogens with one attached hydrogen (secondary N) is 1. The molecule has 2 aromatic carbocycles. The maximum absolute atomic E-state index is 12.4. The number of aryl methyl sites for hydroxylation is 1. The van der Waals surface area contributed by atoms with E-state index in [0.29, 0.717) is 39.9 Å². The molecule has 1 aliphatic rings. The van der Waals surface area contributed by atoms with Gasteiger partial charge >= 0.3 is 0 Å². The van der Waals surface area contributed by atoms with Crippen LogP contribution in [0.25, 0.3) is 17.2 Å². The fourth-order valence-corrected chi connectivity index (χ4v) is 4.10. The topological polar surface area (TPSA) is 116 Å². The second-order valence-electron chi connectivity index (χ2n) is 8.45. The minimum Gasteiger partial charge on any atom is -0.497 e. The smallest absolute Gasteiger partial charge is 0.270 e. The van der Waals surface area contributed by atoms with Crippen LogP contribution in [0.15, 0.2) is 72.9 Å². The van der Waals surface area contributed by atoms with E-state index >= 15 is 0 Å². The standard InChI is InChI=1S/C30H24N4O5/c1-19-23(6-5-15-33-29(35)25-7-3-4-14-32-25)28(20-8-10-21(36-2)11-9-20)24(17-31)30(34-19)39-22-12-13-26-27(16-22)38-18-37-26/h3-14,16H,15,18H2,1-2H3,(H,33,35). The molecule has 0 spiro atoms. The first-order valence-electron chi connectivity index (χ1n) is 12.1. The Bertz CT molecular complexity index is 1580. The van der Waals surface area contributed by atoms with Gasteiger partial charge in [0.05, 0.1) is 7.11 Å². The van der Waals surface area contributed by atoms with Crippen molar-refractivity contribution in [2.24, 2.45) is 0 Å². The molecule has 3 heterocycles. The van der Waals surface area contributed by atoms with Gasteiger partial charge in [-0.1, -0.05) is 30.4 Å². The van der Waals surface area contributed by atoms with Crippen LogP contribution in [0.3, 0.4) is 0 Å². The van der Waals surface area contributed by atoms with E-state index in [1.165, 1.54) is 0 Å². The average molecular weight is 521 g/mol. The lowest BCUT2D eigenvalue weighted by Gasteiger charge is -2.16. The SMILES string of the molecule is COc1ccc(-c2c(C#N)c(Oc3ccc4c(c3)OCO4)nc(C)c2C=CCNC(=O)c2ccccn2)cc1. The van der Waals surface area contributed by atoms with E-state index in [1.807, 2.05) is 37.3 Å². The van der Waals surface area contributed by atoms with E-state index in [2.05, 4.69) is 21.4 Å². The monoisotopic (exact) mass is 520 g/mol. The maximum Gasteiger partial charge on any atom is 0.270 e. The number of aromatic nitrogens is 2. The molecule has 0 unspecified atom stereocenters. The second-order valence-corrected chi connectivity index (χ2v) is 8.45. The number of ether oxygens (including phenoxy) is 4. The van der Waals surface area contributed by atoms with Crippen molar-refractivity contribution < 1.29 is 23.7 Å². The van der Waals surface area contributed by atoms with Gasteiger partial charge in [-0.05, 0) is 48.9 Å². The molecular formula is C30H24N4O5. The fourth-order valence-electron chi connectivity index (χ4n) is 4.10. The third kappa shape index (κ3) is 5.50. The van der Waals surface area contributed by atoms with E-state index in [-0.39, 0.29) is 30.7 Å². The molecule has 5 rings (SSSR count). The zero-order valence-electron chi connectivity index (χ0n) is 21.3. The molecular weight excluding hydrogens is 496 g/mol. The summed E-state index contributed by atoms with van der Waals surface area (Å²) in [5.41, 5.74) is 3.39. The molecule has 9 nitrogen and oxygen atoms in total. The highest BCUT2D eigenvalue weighted by Crippen LogP contribution is 2.40. The van der Waals surface area contributed by atoms with E-state index in [4.69, 9.17) is 18.9 Å². The third-order valence-corrected chi connectivity index (χ3v) is 6.00. The predicted octanol–water partition coefficient (Wildman–Crippen LogP) is 5.30. The van der Waals surface area contributed by atoms with E-state index < -0.39 is 0 Å². The van der Waals surface area contributed by atoms with Crippen molar-refractivity contribution in [1.29, 1.82) is 5.26 Å². The Morgan fingerprint density at radius 3 is 2.64 bits per heavy atom. The number of nitriles is 1. The summed E-state index contributed by atoms with van der Waals surface area (Å²) in [7, 11) is 1.59. The maximum atomic E-state index is 12.4. The van der Waals surface area contributed by atoms with Gasteiger partial charge in [-0.25, -0.2) is 4.98 Å². The summed E-state index contributed by atoms with van der Waals surface area (Å²) in [5.74, 6) is 2.22. The van der Waals surface area contributed by atoms with Crippen molar-refractivity contribution >= 4 is 12.0 Å². The molecule has 0 saturated heterocycles. The Labute approximate surface area is 225 Å². The number of methoxy groups -OCH3 is 1. The zero-order valence-corrected chi connectivity index (χ0v) is 21.3. The molecule has 0 bridgehead atoms.